The highest BCUT2D eigenvalue weighted by atomic mass is 32.2. The number of hydrogen-bond acceptors (Lipinski definition) is 4. The van der Waals surface area contributed by atoms with E-state index in [0.29, 0.717) is 12.2 Å². The molecule has 146 valence electrons. The molecule has 2 aromatic rings. The van der Waals surface area contributed by atoms with Crippen LogP contribution >= 0.6 is 0 Å². The third-order valence-corrected chi connectivity index (χ3v) is 4.97. The zero-order valence-electron chi connectivity index (χ0n) is 15.5. The summed E-state index contributed by atoms with van der Waals surface area (Å²) >= 11 is 0. The summed E-state index contributed by atoms with van der Waals surface area (Å²) in [6.45, 7) is 5.55. The molecule has 0 unspecified atom stereocenters. The zero-order valence-corrected chi connectivity index (χ0v) is 16.3. The Bertz CT molecular complexity index is 883. The van der Waals surface area contributed by atoms with E-state index in [1.807, 2.05) is 13.8 Å². The number of nitrogens with one attached hydrogen (secondary N) is 1. The fourth-order valence-corrected chi connectivity index (χ4v) is 2.83. The molecule has 0 aliphatic heterocycles. The summed E-state index contributed by atoms with van der Waals surface area (Å²) in [6, 6.07) is 11.7. The van der Waals surface area contributed by atoms with Crippen molar-refractivity contribution in [3.63, 3.8) is 0 Å². The fourth-order valence-electron chi connectivity index (χ4n) is 2.30. The molecule has 0 heterocycles. The lowest BCUT2D eigenvalue weighted by Gasteiger charge is -2.27. The number of urea groups is 1. The van der Waals surface area contributed by atoms with E-state index in [0.717, 1.165) is 5.56 Å². The van der Waals surface area contributed by atoms with Gasteiger partial charge >= 0.3 is 16.1 Å². The Morgan fingerprint density at radius 3 is 2.41 bits per heavy atom. The minimum atomic E-state index is -3.58. The van der Waals surface area contributed by atoms with Crippen LogP contribution in [-0.2, 0) is 16.7 Å². The lowest BCUT2D eigenvalue weighted by molar-refractivity contribution is 0.193. The lowest BCUT2D eigenvalue weighted by Crippen LogP contribution is -2.39. The molecule has 0 spiro atoms. The molecule has 0 bridgehead atoms. The van der Waals surface area contributed by atoms with E-state index in [2.05, 4.69) is 5.32 Å². The van der Waals surface area contributed by atoms with E-state index in [4.69, 9.17) is 4.18 Å². The smallest absolute Gasteiger partial charge is 0.322 e. The summed E-state index contributed by atoms with van der Waals surface area (Å²) in [5.41, 5.74) is 1.18. The highest BCUT2D eigenvalue weighted by molar-refractivity contribution is 7.87. The van der Waals surface area contributed by atoms with Crippen LogP contribution in [0.25, 0.3) is 0 Å². The van der Waals surface area contributed by atoms with E-state index in [1.54, 1.807) is 35.2 Å². The minimum Gasteiger partial charge on any atom is -0.382 e. The van der Waals surface area contributed by atoms with E-state index >= 15 is 0 Å². The van der Waals surface area contributed by atoms with Crippen molar-refractivity contribution in [2.75, 3.05) is 11.1 Å². The Hall–Kier alpha value is -2.61. The van der Waals surface area contributed by atoms with Gasteiger partial charge in [-0.2, -0.15) is 8.42 Å². The van der Waals surface area contributed by atoms with E-state index in [9.17, 15) is 17.6 Å². The molecule has 0 fully saturated rings. The van der Waals surface area contributed by atoms with Gasteiger partial charge in [-0.25, -0.2) is 9.18 Å². The van der Waals surface area contributed by atoms with Crippen LogP contribution in [0.15, 0.2) is 48.5 Å². The molecule has 2 aromatic carbocycles. The Balaban J connectivity index is 2.08. The molecule has 0 saturated carbocycles. The first-order valence-corrected chi connectivity index (χ1v) is 10.1. The number of halogens is 1. The molecule has 0 saturated heterocycles. The molecule has 0 atom stereocenters. The molecular formula is C19H23FN2O4S. The molecule has 0 aliphatic carbocycles. The maximum atomic E-state index is 13.3. The SMILES string of the molecule is CCS(=O)(=O)Oc1ccc(CN(C(=O)Nc2cccc(F)c2)C(C)C)cc1. The van der Waals surface area contributed by atoms with Crippen molar-refractivity contribution in [2.24, 2.45) is 0 Å². The van der Waals surface area contributed by atoms with Crippen LogP contribution in [0.2, 0.25) is 0 Å². The number of carbonyl (C=O) groups excluding carboxylic acids is 1. The molecule has 0 aliphatic rings. The maximum absolute atomic E-state index is 13.3. The van der Waals surface area contributed by atoms with Crippen LogP contribution in [0.5, 0.6) is 5.75 Å². The number of nitrogens with zero attached hydrogens (tertiary/aromatic N) is 1. The van der Waals surface area contributed by atoms with Crippen LogP contribution in [0, 0.1) is 5.82 Å². The van der Waals surface area contributed by atoms with Gasteiger partial charge in [0.1, 0.15) is 11.6 Å². The standard InChI is InChI=1S/C19H23FN2O4S/c1-4-27(24,25)26-18-10-8-15(9-11-18)13-22(14(2)3)19(23)21-17-7-5-6-16(20)12-17/h5-12,14H,4,13H2,1-3H3,(H,21,23). The summed E-state index contributed by atoms with van der Waals surface area (Å²) in [4.78, 5) is 14.1. The molecule has 1 N–H and O–H groups in total. The molecule has 2 rings (SSSR count). The number of carbonyl (C=O) groups is 1. The van der Waals surface area contributed by atoms with Gasteiger partial charge in [0, 0.05) is 18.3 Å². The topological polar surface area (TPSA) is 75.7 Å². The molecule has 2 amide bonds. The lowest BCUT2D eigenvalue weighted by atomic mass is 10.2. The monoisotopic (exact) mass is 394 g/mol. The first kappa shape index (κ1) is 20.7. The highest BCUT2D eigenvalue weighted by Gasteiger charge is 2.18. The average molecular weight is 394 g/mol. The third-order valence-electron chi connectivity index (χ3n) is 3.81. The number of rotatable bonds is 7. The van der Waals surface area contributed by atoms with Gasteiger partial charge in [0.2, 0.25) is 0 Å². The summed E-state index contributed by atoms with van der Waals surface area (Å²) < 4.78 is 41.2. The molecule has 0 radical (unpaired) electrons. The van der Waals surface area contributed by atoms with Crippen LogP contribution in [0.1, 0.15) is 26.3 Å². The number of anilines is 1. The second-order valence-corrected chi connectivity index (χ2v) is 8.10. The molecular weight excluding hydrogens is 371 g/mol. The number of amides is 2. The number of hydrogen-bond donors (Lipinski definition) is 1. The van der Waals surface area contributed by atoms with Gasteiger partial charge < -0.3 is 14.4 Å². The van der Waals surface area contributed by atoms with Crippen molar-refractivity contribution in [3.8, 4) is 5.75 Å². The van der Waals surface area contributed by atoms with Gasteiger partial charge in [0.15, 0.2) is 0 Å². The molecule has 27 heavy (non-hydrogen) atoms. The van der Waals surface area contributed by atoms with E-state index in [-0.39, 0.29) is 23.6 Å². The third kappa shape index (κ3) is 6.25. The van der Waals surface area contributed by atoms with Gasteiger partial charge in [-0.3, -0.25) is 0 Å². The molecule has 8 heteroatoms. The first-order chi connectivity index (χ1) is 12.7. The zero-order chi connectivity index (χ0) is 20.0. The normalized spacial score (nSPS) is 11.3. The van der Waals surface area contributed by atoms with Crippen LogP contribution < -0.4 is 9.50 Å². The van der Waals surface area contributed by atoms with E-state index < -0.39 is 15.9 Å². The van der Waals surface area contributed by atoms with Crippen LogP contribution in [-0.4, -0.2) is 31.1 Å². The van der Waals surface area contributed by atoms with Gasteiger partial charge in [0.25, 0.3) is 0 Å². The van der Waals surface area contributed by atoms with Gasteiger partial charge in [-0.15, -0.1) is 0 Å². The predicted octanol–water partition coefficient (Wildman–Crippen LogP) is 4.00. The van der Waals surface area contributed by atoms with Gasteiger partial charge in [-0.05, 0) is 56.7 Å². The largest absolute Gasteiger partial charge is 0.382 e. The Kier molecular flexibility index (Phi) is 6.79. The van der Waals surface area contributed by atoms with Crippen molar-refractivity contribution >= 4 is 21.8 Å². The van der Waals surface area contributed by atoms with Crippen LogP contribution in [0.4, 0.5) is 14.9 Å². The van der Waals surface area contributed by atoms with Crippen molar-refractivity contribution in [2.45, 2.75) is 33.4 Å². The molecule has 0 aromatic heterocycles. The maximum Gasteiger partial charge on any atom is 0.322 e. The summed E-state index contributed by atoms with van der Waals surface area (Å²) in [5.74, 6) is -0.321. The van der Waals surface area contributed by atoms with Crippen molar-refractivity contribution in [1.29, 1.82) is 0 Å². The Labute approximate surface area is 159 Å². The quantitative estimate of drug-likeness (QED) is 0.721. The highest BCUT2D eigenvalue weighted by Crippen LogP contribution is 2.18. The van der Waals surface area contributed by atoms with Gasteiger partial charge in [-0.1, -0.05) is 18.2 Å². The van der Waals surface area contributed by atoms with Crippen molar-refractivity contribution in [1.82, 2.24) is 4.90 Å². The predicted molar refractivity (Wildman–Crippen MR) is 103 cm³/mol. The minimum absolute atomic E-state index is 0.102. The summed E-state index contributed by atoms with van der Waals surface area (Å²) in [7, 11) is -3.58. The molecule has 6 nitrogen and oxygen atoms in total. The summed E-state index contributed by atoms with van der Waals surface area (Å²) in [5, 5.41) is 2.68. The Morgan fingerprint density at radius 2 is 1.85 bits per heavy atom. The second kappa shape index (κ2) is 8.85. The van der Waals surface area contributed by atoms with Crippen LogP contribution in [0.3, 0.4) is 0 Å². The van der Waals surface area contributed by atoms with Gasteiger partial charge in [0.05, 0.1) is 5.75 Å². The van der Waals surface area contributed by atoms with Crippen molar-refractivity contribution in [3.05, 3.63) is 59.9 Å². The van der Waals surface area contributed by atoms with Crippen molar-refractivity contribution < 1.29 is 21.8 Å². The average Bonchev–Trinajstić information content (AvgIpc) is 2.60. The second-order valence-electron chi connectivity index (χ2n) is 6.24. The number of benzene rings is 2. The Morgan fingerprint density at radius 1 is 1.19 bits per heavy atom. The fraction of sp³-hybridized carbons (Fsp3) is 0.316. The summed E-state index contributed by atoms with van der Waals surface area (Å²) in [6.07, 6.45) is 0. The van der Waals surface area contributed by atoms with E-state index in [1.165, 1.54) is 25.1 Å². The first-order valence-electron chi connectivity index (χ1n) is 8.54.